The first kappa shape index (κ1) is 33.7. The van der Waals surface area contributed by atoms with E-state index in [1.165, 1.54) is 93.1 Å². The molecule has 0 fully saturated rings. The van der Waals surface area contributed by atoms with Gasteiger partial charge in [0.1, 0.15) is 0 Å². The van der Waals surface area contributed by atoms with E-state index < -0.39 is 0 Å². The van der Waals surface area contributed by atoms with E-state index in [1.54, 1.807) is 0 Å². The number of rotatable bonds is 2. The Hall–Kier alpha value is -3.67. The van der Waals surface area contributed by atoms with E-state index in [0.29, 0.717) is 0 Å². The Labute approximate surface area is 291 Å². The van der Waals surface area contributed by atoms with E-state index in [0.717, 1.165) is 0 Å². The fourth-order valence-corrected chi connectivity index (χ4v) is 6.63. The molecule has 0 aromatic heterocycles. The summed E-state index contributed by atoms with van der Waals surface area (Å²) in [5.41, 5.74) is 8.56. The molecule has 0 amide bonds. The van der Waals surface area contributed by atoms with Crippen LogP contribution in [-0.4, -0.2) is 3.21 Å². The summed E-state index contributed by atoms with van der Waals surface area (Å²) >= 11 is 1.46. The molecule has 0 nitrogen and oxygen atoms in total. The molecule has 0 aliphatic rings. The van der Waals surface area contributed by atoms with E-state index >= 15 is 0 Å². The second kappa shape index (κ2) is 14.0. The van der Waals surface area contributed by atoms with Crippen LogP contribution in [0.3, 0.4) is 0 Å². The topological polar surface area (TPSA) is 0 Å². The Morgan fingerprint density at radius 3 is 1.43 bits per heavy atom. The van der Waals surface area contributed by atoms with E-state index in [-0.39, 0.29) is 10.8 Å². The van der Waals surface area contributed by atoms with E-state index in [1.807, 2.05) is 0 Å². The van der Waals surface area contributed by atoms with Crippen LogP contribution >= 0.6 is 0 Å². The summed E-state index contributed by atoms with van der Waals surface area (Å²) in [5, 5.41) is 8.19. The van der Waals surface area contributed by atoms with Gasteiger partial charge in [0.2, 0.25) is 0 Å². The maximum absolute atomic E-state index is 2.35. The number of hydrogen-bond donors (Lipinski definition) is 0. The van der Waals surface area contributed by atoms with Crippen LogP contribution < -0.4 is 0 Å². The standard InChI is InChI=1S/C21H25.C13H10.C11H11.Zr/c1-20(2,3)16-7-9-18-14(12-16)11-15-13-17(21(4,5)6)8-10-19(15)18;1-3-7-12(8-4-1)11-13-9-5-2-6-10-13;1-8-3-4-10-6-9(2)7-11(10)5-8;/h7-13H,1-6H3;1-10H;3-7H,1-2H3;/q-1;;-1;+2. The molecule has 0 atom stereocenters. The zero-order valence-corrected chi connectivity index (χ0v) is 31.2. The van der Waals surface area contributed by atoms with Crippen molar-refractivity contribution in [1.29, 1.82) is 0 Å². The van der Waals surface area contributed by atoms with Gasteiger partial charge >= 0.3 is 99.2 Å². The van der Waals surface area contributed by atoms with Gasteiger partial charge in [0.25, 0.3) is 0 Å². The normalized spacial score (nSPS) is 11.6. The average Bonchev–Trinajstić information content (AvgIpc) is 3.59. The van der Waals surface area contributed by atoms with Crippen LogP contribution in [-0.2, 0) is 35.1 Å². The fourth-order valence-electron chi connectivity index (χ4n) is 5.81. The molecule has 0 bridgehead atoms. The fraction of sp³-hybridized carbons (Fsp3) is 0.222. The molecule has 7 aromatic rings. The van der Waals surface area contributed by atoms with Crippen LogP contribution in [0.15, 0.2) is 133 Å². The monoisotopic (exact) mass is 676 g/mol. The molecule has 0 heterocycles. The molecule has 0 radical (unpaired) electrons. The van der Waals surface area contributed by atoms with Crippen molar-refractivity contribution in [3.05, 3.63) is 167 Å². The van der Waals surface area contributed by atoms with Crippen LogP contribution in [0.5, 0.6) is 0 Å². The van der Waals surface area contributed by atoms with Crippen molar-refractivity contribution in [3.8, 4) is 0 Å². The second-order valence-electron chi connectivity index (χ2n) is 14.5. The molecule has 46 heavy (non-hydrogen) atoms. The summed E-state index contributed by atoms with van der Waals surface area (Å²) in [6, 6.07) is 48.3. The van der Waals surface area contributed by atoms with Crippen molar-refractivity contribution in [2.45, 2.75) is 66.2 Å². The predicted octanol–water partition coefficient (Wildman–Crippen LogP) is 12.3. The molecular formula is C45H46Zr. The van der Waals surface area contributed by atoms with Crippen LogP contribution in [0.1, 0.15) is 74.9 Å². The third-order valence-corrected chi connectivity index (χ3v) is 9.99. The van der Waals surface area contributed by atoms with Gasteiger partial charge in [-0.1, -0.05) is 89.4 Å². The van der Waals surface area contributed by atoms with Crippen LogP contribution in [0, 0.1) is 13.8 Å². The molecule has 0 spiro atoms. The van der Waals surface area contributed by atoms with Gasteiger partial charge in [0.15, 0.2) is 0 Å². The second-order valence-corrected chi connectivity index (χ2v) is 15.7. The van der Waals surface area contributed by atoms with Gasteiger partial charge < -0.3 is 0 Å². The van der Waals surface area contributed by atoms with Crippen molar-refractivity contribution >= 4 is 35.5 Å². The number of hydrogen-bond acceptors (Lipinski definition) is 0. The SMILES string of the molecule is CC(C)(C)c1ccc2c(c1)[cH-]c1cc(C(C)(C)C)ccc12.Cc1ccc2[cH-]c(C)cc2c1.[Zr+2]=[C](c1ccccc1)c1ccccc1. The Morgan fingerprint density at radius 2 is 0.978 bits per heavy atom. The van der Waals surface area contributed by atoms with Crippen molar-refractivity contribution < 1.29 is 24.2 Å². The molecule has 0 unspecified atom stereocenters. The van der Waals surface area contributed by atoms with E-state index in [9.17, 15) is 0 Å². The van der Waals surface area contributed by atoms with E-state index in [4.69, 9.17) is 0 Å². The van der Waals surface area contributed by atoms with Gasteiger partial charge in [-0.3, -0.25) is 0 Å². The Balaban J connectivity index is 0.000000144. The molecule has 0 aliphatic heterocycles. The molecule has 0 saturated heterocycles. The average molecular weight is 678 g/mol. The molecule has 7 aromatic carbocycles. The molecular weight excluding hydrogens is 632 g/mol. The van der Waals surface area contributed by atoms with Crippen LogP contribution in [0.4, 0.5) is 0 Å². The van der Waals surface area contributed by atoms with Crippen molar-refractivity contribution in [2.24, 2.45) is 0 Å². The third kappa shape index (κ3) is 8.18. The first-order chi connectivity index (χ1) is 21.8. The van der Waals surface area contributed by atoms with Gasteiger partial charge in [-0.15, -0.1) is 80.3 Å². The molecule has 0 aliphatic carbocycles. The van der Waals surface area contributed by atoms with Gasteiger partial charge in [-0.05, 0) is 17.8 Å². The van der Waals surface area contributed by atoms with Gasteiger partial charge in [-0.25, -0.2) is 0 Å². The first-order valence-corrected chi connectivity index (χ1v) is 17.5. The molecule has 230 valence electrons. The zero-order chi connectivity index (χ0) is 33.1. The van der Waals surface area contributed by atoms with Crippen LogP contribution in [0.25, 0.3) is 32.3 Å². The number of benzene rings is 5. The quantitative estimate of drug-likeness (QED) is 0.160. The zero-order valence-electron chi connectivity index (χ0n) is 28.7. The summed E-state index contributed by atoms with van der Waals surface area (Å²) in [7, 11) is 0. The summed E-state index contributed by atoms with van der Waals surface area (Å²) in [4.78, 5) is 0. The summed E-state index contributed by atoms with van der Waals surface area (Å²) in [6.07, 6.45) is 0. The predicted molar refractivity (Wildman–Crippen MR) is 200 cm³/mol. The summed E-state index contributed by atoms with van der Waals surface area (Å²) in [6.45, 7) is 17.9. The Kier molecular flexibility index (Phi) is 10.2. The molecule has 7 rings (SSSR count). The minimum atomic E-state index is 0.203. The van der Waals surface area contributed by atoms with Crippen molar-refractivity contribution in [2.75, 3.05) is 0 Å². The molecule has 0 N–H and O–H groups in total. The van der Waals surface area contributed by atoms with Gasteiger partial charge in [-0.2, -0.15) is 6.07 Å². The first-order valence-electron chi connectivity index (χ1n) is 16.3. The van der Waals surface area contributed by atoms with Gasteiger partial charge in [0.05, 0.1) is 0 Å². The molecule has 0 saturated carbocycles. The summed E-state index contributed by atoms with van der Waals surface area (Å²) < 4.78 is 1.42. The maximum atomic E-state index is 2.35. The number of fused-ring (bicyclic) bond motifs is 4. The van der Waals surface area contributed by atoms with Gasteiger partial charge in [0, 0.05) is 0 Å². The van der Waals surface area contributed by atoms with Crippen molar-refractivity contribution in [3.63, 3.8) is 0 Å². The van der Waals surface area contributed by atoms with E-state index in [2.05, 4.69) is 189 Å². The summed E-state index contributed by atoms with van der Waals surface area (Å²) in [5.74, 6) is 0. The van der Waals surface area contributed by atoms with Crippen molar-refractivity contribution in [1.82, 2.24) is 0 Å². The Morgan fingerprint density at radius 1 is 0.500 bits per heavy atom. The third-order valence-electron chi connectivity index (χ3n) is 8.57. The molecule has 1 heteroatoms. The van der Waals surface area contributed by atoms with Crippen LogP contribution in [0.2, 0.25) is 0 Å². The number of aryl methyl sites for hydroxylation is 2. The Bertz CT molecular complexity index is 1960. The minimum absolute atomic E-state index is 0.203.